The van der Waals surface area contributed by atoms with E-state index in [9.17, 15) is 0 Å². The van der Waals surface area contributed by atoms with Gasteiger partial charge in [0.1, 0.15) is 12.4 Å². The Morgan fingerprint density at radius 1 is 1.00 bits per heavy atom. The van der Waals surface area contributed by atoms with Gasteiger partial charge in [-0.2, -0.15) is 0 Å². The third-order valence-electron chi connectivity index (χ3n) is 4.07. The van der Waals surface area contributed by atoms with E-state index in [0.29, 0.717) is 6.54 Å². The Kier molecular flexibility index (Phi) is 4.53. The van der Waals surface area contributed by atoms with E-state index in [-0.39, 0.29) is 0 Å². The van der Waals surface area contributed by atoms with E-state index < -0.39 is 0 Å². The SMILES string of the molecule is NCc1ccccc1CCN1CCOc2ccccc2C1. The number of nitrogens with zero attached hydrogens (tertiary/aromatic N) is 1. The quantitative estimate of drug-likeness (QED) is 0.936. The molecule has 3 rings (SSSR count). The predicted molar refractivity (Wildman–Crippen MR) is 85.3 cm³/mol. The molecule has 0 atom stereocenters. The molecule has 1 aliphatic rings. The third-order valence-corrected chi connectivity index (χ3v) is 4.07. The first-order valence-corrected chi connectivity index (χ1v) is 7.57. The van der Waals surface area contributed by atoms with Crippen molar-refractivity contribution in [2.24, 2.45) is 5.73 Å². The minimum atomic E-state index is 0.613. The maximum absolute atomic E-state index is 5.81. The van der Waals surface area contributed by atoms with Crippen molar-refractivity contribution in [2.45, 2.75) is 19.5 Å². The van der Waals surface area contributed by atoms with E-state index in [1.807, 2.05) is 6.07 Å². The average Bonchev–Trinajstić information content (AvgIpc) is 2.75. The summed E-state index contributed by atoms with van der Waals surface area (Å²) in [6.07, 6.45) is 1.04. The number of nitrogens with two attached hydrogens (primary N) is 1. The maximum Gasteiger partial charge on any atom is 0.123 e. The molecule has 3 nitrogen and oxygen atoms in total. The maximum atomic E-state index is 5.81. The number of rotatable bonds is 4. The zero-order chi connectivity index (χ0) is 14.5. The van der Waals surface area contributed by atoms with Gasteiger partial charge < -0.3 is 10.5 Å². The Bertz CT molecular complexity index is 597. The van der Waals surface area contributed by atoms with E-state index in [1.54, 1.807) is 0 Å². The molecule has 0 aromatic heterocycles. The van der Waals surface area contributed by atoms with Crippen LogP contribution in [0.1, 0.15) is 16.7 Å². The van der Waals surface area contributed by atoms with Gasteiger partial charge in [-0.1, -0.05) is 42.5 Å². The molecule has 0 amide bonds. The predicted octanol–water partition coefficient (Wildman–Crippen LogP) is 2.58. The minimum absolute atomic E-state index is 0.613. The van der Waals surface area contributed by atoms with Crippen molar-refractivity contribution in [2.75, 3.05) is 19.7 Å². The molecule has 0 unspecified atom stereocenters. The molecule has 0 saturated carbocycles. The molecule has 21 heavy (non-hydrogen) atoms. The standard InChI is InChI=1S/C18H22N2O/c19-13-16-6-2-1-5-15(16)9-10-20-11-12-21-18-8-4-3-7-17(18)14-20/h1-8H,9-14,19H2. The van der Waals surface area contributed by atoms with Crippen LogP contribution < -0.4 is 10.5 Å². The Hall–Kier alpha value is -1.84. The molecule has 110 valence electrons. The van der Waals surface area contributed by atoms with Gasteiger partial charge in [0.15, 0.2) is 0 Å². The average molecular weight is 282 g/mol. The smallest absolute Gasteiger partial charge is 0.123 e. The molecular formula is C18H22N2O. The number of benzene rings is 2. The highest BCUT2D eigenvalue weighted by atomic mass is 16.5. The summed E-state index contributed by atoms with van der Waals surface area (Å²) >= 11 is 0. The van der Waals surface area contributed by atoms with Crippen LogP contribution in [-0.2, 0) is 19.5 Å². The number of para-hydroxylation sites is 1. The fraction of sp³-hybridized carbons (Fsp3) is 0.333. The molecule has 0 spiro atoms. The first kappa shape index (κ1) is 14.1. The Labute approximate surface area is 126 Å². The summed E-state index contributed by atoms with van der Waals surface area (Å²) in [5, 5.41) is 0. The lowest BCUT2D eigenvalue weighted by atomic mass is 10.0. The van der Waals surface area contributed by atoms with Crippen molar-refractivity contribution in [3.05, 3.63) is 65.2 Å². The summed E-state index contributed by atoms with van der Waals surface area (Å²) in [5.41, 5.74) is 9.71. The van der Waals surface area contributed by atoms with Crippen molar-refractivity contribution >= 4 is 0 Å². The van der Waals surface area contributed by atoms with Gasteiger partial charge in [-0.05, 0) is 23.6 Å². The van der Waals surface area contributed by atoms with Crippen molar-refractivity contribution in [1.82, 2.24) is 4.90 Å². The fourth-order valence-electron chi connectivity index (χ4n) is 2.85. The van der Waals surface area contributed by atoms with Crippen LogP contribution in [0.25, 0.3) is 0 Å². The lowest BCUT2D eigenvalue weighted by molar-refractivity contribution is 0.228. The molecule has 0 fully saturated rings. The van der Waals surface area contributed by atoms with Crippen LogP contribution in [-0.4, -0.2) is 24.6 Å². The van der Waals surface area contributed by atoms with Gasteiger partial charge in [0.05, 0.1) is 0 Å². The Morgan fingerprint density at radius 3 is 2.62 bits per heavy atom. The Balaban J connectivity index is 1.66. The lowest BCUT2D eigenvalue weighted by Gasteiger charge is -2.20. The van der Waals surface area contributed by atoms with E-state index in [2.05, 4.69) is 47.4 Å². The summed E-state index contributed by atoms with van der Waals surface area (Å²) in [5.74, 6) is 1.03. The van der Waals surface area contributed by atoms with Gasteiger partial charge in [-0.15, -0.1) is 0 Å². The highest BCUT2D eigenvalue weighted by Crippen LogP contribution is 2.22. The topological polar surface area (TPSA) is 38.5 Å². The highest BCUT2D eigenvalue weighted by molar-refractivity contribution is 5.34. The Morgan fingerprint density at radius 2 is 1.76 bits per heavy atom. The minimum Gasteiger partial charge on any atom is -0.492 e. The van der Waals surface area contributed by atoms with E-state index >= 15 is 0 Å². The fourth-order valence-corrected chi connectivity index (χ4v) is 2.85. The van der Waals surface area contributed by atoms with Crippen molar-refractivity contribution in [1.29, 1.82) is 0 Å². The largest absolute Gasteiger partial charge is 0.492 e. The van der Waals surface area contributed by atoms with Gasteiger partial charge >= 0.3 is 0 Å². The van der Waals surface area contributed by atoms with Crippen LogP contribution in [0, 0.1) is 0 Å². The molecule has 2 aromatic rings. The van der Waals surface area contributed by atoms with Crippen molar-refractivity contribution in [3.63, 3.8) is 0 Å². The molecule has 0 saturated heterocycles. The summed E-state index contributed by atoms with van der Waals surface area (Å²) in [4.78, 5) is 2.46. The second kappa shape index (κ2) is 6.74. The zero-order valence-electron chi connectivity index (χ0n) is 12.3. The molecule has 2 N–H and O–H groups in total. The van der Waals surface area contributed by atoms with Crippen molar-refractivity contribution < 1.29 is 4.74 Å². The van der Waals surface area contributed by atoms with Gasteiger partial charge in [0, 0.05) is 31.7 Å². The monoisotopic (exact) mass is 282 g/mol. The van der Waals surface area contributed by atoms with E-state index in [4.69, 9.17) is 10.5 Å². The third kappa shape index (κ3) is 3.43. The van der Waals surface area contributed by atoms with Crippen LogP contribution in [0.4, 0.5) is 0 Å². The number of ether oxygens (including phenoxy) is 1. The zero-order valence-corrected chi connectivity index (χ0v) is 12.3. The number of fused-ring (bicyclic) bond motifs is 1. The molecule has 0 aliphatic carbocycles. The number of hydrogen-bond acceptors (Lipinski definition) is 3. The van der Waals surface area contributed by atoms with Crippen LogP contribution in [0.2, 0.25) is 0 Å². The van der Waals surface area contributed by atoms with Gasteiger partial charge in [-0.3, -0.25) is 4.90 Å². The number of hydrogen-bond donors (Lipinski definition) is 1. The van der Waals surface area contributed by atoms with E-state index in [0.717, 1.165) is 38.4 Å². The van der Waals surface area contributed by atoms with Crippen LogP contribution in [0.15, 0.2) is 48.5 Å². The molecule has 0 bridgehead atoms. The summed E-state index contributed by atoms with van der Waals surface area (Å²) < 4.78 is 5.81. The molecular weight excluding hydrogens is 260 g/mol. The highest BCUT2D eigenvalue weighted by Gasteiger charge is 2.14. The second-order valence-electron chi connectivity index (χ2n) is 5.46. The van der Waals surface area contributed by atoms with Gasteiger partial charge in [-0.25, -0.2) is 0 Å². The lowest BCUT2D eigenvalue weighted by Crippen LogP contribution is -2.28. The summed E-state index contributed by atoms with van der Waals surface area (Å²) in [6.45, 7) is 4.34. The van der Waals surface area contributed by atoms with Crippen molar-refractivity contribution in [3.8, 4) is 5.75 Å². The van der Waals surface area contributed by atoms with Gasteiger partial charge in [0.25, 0.3) is 0 Å². The molecule has 3 heteroatoms. The van der Waals surface area contributed by atoms with Crippen LogP contribution in [0.3, 0.4) is 0 Å². The molecule has 1 heterocycles. The van der Waals surface area contributed by atoms with Crippen LogP contribution >= 0.6 is 0 Å². The molecule has 1 aliphatic heterocycles. The summed E-state index contributed by atoms with van der Waals surface area (Å²) in [6, 6.07) is 16.8. The molecule has 0 radical (unpaired) electrons. The molecule has 2 aromatic carbocycles. The first-order valence-electron chi connectivity index (χ1n) is 7.57. The van der Waals surface area contributed by atoms with Gasteiger partial charge in [0.2, 0.25) is 0 Å². The summed E-state index contributed by atoms with van der Waals surface area (Å²) in [7, 11) is 0. The first-order chi connectivity index (χ1) is 10.4. The van der Waals surface area contributed by atoms with Crippen LogP contribution in [0.5, 0.6) is 5.75 Å². The second-order valence-corrected chi connectivity index (χ2v) is 5.46. The van der Waals surface area contributed by atoms with E-state index in [1.165, 1.54) is 16.7 Å². The normalized spacial score (nSPS) is 15.1.